The first-order chi connectivity index (χ1) is 5.77. The van der Waals surface area contributed by atoms with E-state index in [0.29, 0.717) is 5.75 Å². The normalized spacial score (nSPS) is 10.4. The van der Waals surface area contributed by atoms with Gasteiger partial charge in [-0.05, 0) is 36.8 Å². The Morgan fingerprint density at radius 2 is 2.08 bits per heavy atom. The lowest BCUT2D eigenvalue weighted by molar-refractivity contribution is 0.476. The first-order valence-corrected chi connectivity index (χ1v) is 3.82. The first kappa shape index (κ1) is 7.10. The number of fused-ring (bicyclic) bond motifs is 1. The topological polar surface area (TPSA) is 33.1 Å². The minimum absolute atomic E-state index is 0.290. The molecule has 1 aromatic heterocycles. The molecule has 0 aliphatic carbocycles. The van der Waals surface area contributed by atoms with Crippen LogP contribution >= 0.6 is 0 Å². The van der Waals surface area contributed by atoms with E-state index in [1.807, 2.05) is 19.1 Å². The standard InChI is InChI=1S/C10H9NO/c1-7-4-5-11-10-3-2-8(12)6-9(7)10/h2-6,12H,1H3. The molecule has 0 saturated heterocycles. The molecule has 0 fully saturated rings. The molecule has 1 heterocycles. The Labute approximate surface area is 70.5 Å². The van der Waals surface area contributed by atoms with Crippen LogP contribution in [-0.4, -0.2) is 10.1 Å². The largest absolute Gasteiger partial charge is 0.508 e. The Morgan fingerprint density at radius 3 is 2.92 bits per heavy atom. The third-order valence-electron chi connectivity index (χ3n) is 1.94. The molecule has 0 aliphatic rings. The summed E-state index contributed by atoms with van der Waals surface area (Å²) in [6.45, 7) is 2.00. The fraction of sp³-hybridized carbons (Fsp3) is 0.100. The van der Waals surface area contributed by atoms with Crippen LogP contribution in [-0.2, 0) is 0 Å². The first-order valence-electron chi connectivity index (χ1n) is 3.82. The summed E-state index contributed by atoms with van der Waals surface area (Å²) in [5, 5.41) is 10.2. The molecule has 2 rings (SSSR count). The average molecular weight is 159 g/mol. The van der Waals surface area contributed by atoms with Gasteiger partial charge in [0.25, 0.3) is 0 Å². The van der Waals surface area contributed by atoms with Crippen molar-refractivity contribution in [3.8, 4) is 5.75 Å². The highest BCUT2D eigenvalue weighted by atomic mass is 16.3. The van der Waals surface area contributed by atoms with Crippen molar-refractivity contribution in [2.24, 2.45) is 0 Å². The Balaban J connectivity index is 2.88. The van der Waals surface area contributed by atoms with E-state index in [0.717, 1.165) is 16.5 Å². The number of hydrogen-bond acceptors (Lipinski definition) is 2. The van der Waals surface area contributed by atoms with Gasteiger partial charge in [0.15, 0.2) is 0 Å². The highest BCUT2D eigenvalue weighted by Gasteiger charge is 1.97. The van der Waals surface area contributed by atoms with Crippen LogP contribution in [0.4, 0.5) is 0 Å². The second kappa shape index (κ2) is 2.48. The van der Waals surface area contributed by atoms with Gasteiger partial charge in [0.2, 0.25) is 0 Å². The van der Waals surface area contributed by atoms with Gasteiger partial charge in [0, 0.05) is 11.6 Å². The van der Waals surface area contributed by atoms with Crippen molar-refractivity contribution in [1.82, 2.24) is 4.98 Å². The van der Waals surface area contributed by atoms with E-state index in [2.05, 4.69) is 4.98 Å². The summed E-state index contributed by atoms with van der Waals surface area (Å²) in [6, 6.07) is 7.13. The van der Waals surface area contributed by atoms with Gasteiger partial charge in [-0.25, -0.2) is 0 Å². The number of benzene rings is 1. The lowest BCUT2D eigenvalue weighted by Crippen LogP contribution is -1.80. The minimum Gasteiger partial charge on any atom is -0.508 e. The fourth-order valence-electron chi connectivity index (χ4n) is 1.27. The summed E-state index contributed by atoms with van der Waals surface area (Å²) in [5.74, 6) is 0.290. The molecular formula is C10H9NO. The molecule has 0 spiro atoms. The molecule has 0 saturated carbocycles. The molecule has 0 atom stereocenters. The van der Waals surface area contributed by atoms with E-state index >= 15 is 0 Å². The number of aromatic hydroxyl groups is 1. The van der Waals surface area contributed by atoms with Gasteiger partial charge in [-0.15, -0.1) is 0 Å². The van der Waals surface area contributed by atoms with Crippen LogP contribution in [0.25, 0.3) is 10.9 Å². The molecule has 1 aromatic carbocycles. The molecular weight excluding hydrogens is 150 g/mol. The maximum atomic E-state index is 9.23. The van der Waals surface area contributed by atoms with Crippen molar-refractivity contribution in [3.05, 3.63) is 36.0 Å². The van der Waals surface area contributed by atoms with Gasteiger partial charge in [0.05, 0.1) is 5.52 Å². The summed E-state index contributed by atoms with van der Waals surface area (Å²) < 4.78 is 0. The van der Waals surface area contributed by atoms with E-state index in [1.54, 1.807) is 18.3 Å². The van der Waals surface area contributed by atoms with Crippen molar-refractivity contribution < 1.29 is 5.11 Å². The number of pyridine rings is 1. The zero-order chi connectivity index (χ0) is 8.55. The van der Waals surface area contributed by atoms with Crippen LogP contribution in [0.2, 0.25) is 0 Å². The highest BCUT2D eigenvalue weighted by molar-refractivity contribution is 5.82. The molecule has 12 heavy (non-hydrogen) atoms. The van der Waals surface area contributed by atoms with Crippen molar-refractivity contribution in [2.45, 2.75) is 6.92 Å². The maximum absolute atomic E-state index is 9.23. The Hall–Kier alpha value is -1.57. The predicted molar refractivity (Wildman–Crippen MR) is 48.1 cm³/mol. The summed E-state index contributed by atoms with van der Waals surface area (Å²) >= 11 is 0. The zero-order valence-corrected chi connectivity index (χ0v) is 6.78. The SMILES string of the molecule is Cc1ccnc2ccc(O)cc12. The molecule has 0 aliphatic heterocycles. The lowest BCUT2D eigenvalue weighted by Gasteiger charge is -2.00. The van der Waals surface area contributed by atoms with Gasteiger partial charge in [0.1, 0.15) is 5.75 Å². The lowest BCUT2D eigenvalue weighted by atomic mass is 10.1. The van der Waals surface area contributed by atoms with Crippen molar-refractivity contribution >= 4 is 10.9 Å². The fourth-order valence-corrected chi connectivity index (χ4v) is 1.27. The minimum atomic E-state index is 0.290. The van der Waals surface area contributed by atoms with E-state index < -0.39 is 0 Å². The number of hydrogen-bond donors (Lipinski definition) is 1. The highest BCUT2D eigenvalue weighted by Crippen LogP contribution is 2.20. The van der Waals surface area contributed by atoms with E-state index in [1.165, 1.54) is 0 Å². The molecule has 0 unspecified atom stereocenters. The van der Waals surface area contributed by atoms with Crippen LogP contribution in [0, 0.1) is 6.92 Å². The summed E-state index contributed by atoms with van der Waals surface area (Å²) in [7, 11) is 0. The van der Waals surface area contributed by atoms with Crippen LogP contribution < -0.4 is 0 Å². The van der Waals surface area contributed by atoms with Gasteiger partial charge in [-0.1, -0.05) is 0 Å². The maximum Gasteiger partial charge on any atom is 0.116 e. The molecule has 2 nitrogen and oxygen atoms in total. The second-order valence-electron chi connectivity index (χ2n) is 2.83. The third kappa shape index (κ3) is 1.01. The molecule has 2 aromatic rings. The van der Waals surface area contributed by atoms with Crippen molar-refractivity contribution in [2.75, 3.05) is 0 Å². The summed E-state index contributed by atoms with van der Waals surface area (Å²) in [5.41, 5.74) is 2.06. The van der Waals surface area contributed by atoms with Gasteiger partial charge in [-0.3, -0.25) is 4.98 Å². The zero-order valence-electron chi connectivity index (χ0n) is 6.78. The number of rotatable bonds is 0. The van der Waals surface area contributed by atoms with Crippen molar-refractivity contribution in [1.29, 1.82) is 0 Å². The summed E-state index contributed by atoms with van der Waals surface area (Å²) in [4.78, 5) is 4.17. The molecule has 1 N–H and O–H groups in total. The molecule has 0 bridgehead atoms. The number of phenols is 1. The summed E-state index contributed by atoms with van der Waals surface area (Å²) in [6.07, 6.45) is 1.77. The van der Waals surface area contributed by atoms with E-state index in [-0.39, 0.29) is 0 Å². The Morgan fingerprint density at radius 1 is 1.25 bits per heavy atom. The monoisotopic (exact) mass is 159 g/mol. The number of phenolic OH excluding ortho intramolecular Hbond substituents is 1. The van der Waals surface area contributed by atoms with Gasteiger partial charge < -0.3 is 5.11 Å². The Bertz CT molecular complexity index is 423. The second-order valence-corrected chi connectivity index (χ2v) is 2.83. The van der Waals surface area contributed by atoms with E-state index in [9.17, 15) is 5.11 Å². The molecule has 2 heteroatoms. The van der Waals surface area contributed by atoms with Crippen LogP contribution in [0.15, 0.2) is 30.5 Å². The van der Waals surface area contributed by atoms with Gasteiger partial charge >= 0.3 is 0 Å². The predicted octanol–water partition coefficient (Wildman–Crippen LogP) is 2.25. The molecule has 0 amide bonds. The van der Waals surface area contributed by atoms with E-state index in [4.69, 9.17) is 0 Å². The molecule has 60 valence electrons. The number of aromatic nitrogens is 1. The van der Waals surface area contributed by atoms with Crippen LogP contribution in [0.5, 0.6) is 5.75 Å². The van der Waals surface area contributed by atoms with Gasteiger partial charge in [-0.2, -0.15) is 0 Å². The van der Waals surface area contributed by atoms with Crippen LogP contribution in [0.3, 0.4) is 0 Å². The molecule has 0 radical (unpaired) electrons. The quantitative estimate of drug-likeness (QED) is 0.639. The number of aryl methyl sites for hydroxylation is 1. The smallest absolute Gasteiger partial charge is 0.116 e. The number of nitrogens with zero attached hydrogens (tertiary/aromatic N) is 1. The van der Waals surface area contributed by atoms with Crippen molar-refractivity contribution in [3.63, 3.8) is 0 Å². The third-order valence-corrected chi connectivity index (χ3v) is 1.94. The average Bonchev–Trinajstić information content (AvgIpc) is 2.07. The Kier molecular flexibility index (Phi) is 1.47. The van der Waals surface area contributed by atoms with Crippen LogP contribution in [0.1, 0.15) is 5.56 Å².